The molecule has 23 heavy (non-hydrogen) atoms. The van der Waals surface area contributed by atoms with Gasteiger partial charge in [-0.05, 0) is 13.8 Å². The van der Waals surface area contributed by atoms with Gasteiger partial charge in [0.25, 0.3) is 0 Å². The molecule has 0 radical (unpaired) electrons. The first kappa shape index (κ1) is 15.5. The Hall–Kier alpha value is -2.42. The quantitative estimate of drug-likeness (QED) is 0.567. The number of hydrogen-bond acceptors (Lipinski definition) is 6. The molecule has 0 spiro atoms. The second-order valence-electron chi connectivity index (χ2n) is 5.28. The summed E-state index contributed by atoms with van der Waals surface area (Å²) in [6.45, 7) is 4.02. The van der Waals surface area contributed by atoms with Crippen LogP contribution >= 0.6 is 11.8 Å². The molecule has 0 aliphatic heterocycles. The first-order valence-corrected chi connectivity index (χ1v) is 8.13. The largest absolute Gasteiger partial charge is 0.310 e. The van der Waals surface area contributed by atoms with Crippen LogP contribution < -0.4 is 5.32 Å². The van der Waals surface area contributed by atoms with E-state index < -0.39 is 0 Å². The Morgan fingerprint density at radius 3 is 2.96 bits per heavy atom. The molecule has 0 fully saturated rings. The molecule has 0 aliphatic rings. The van der Waals surface area contributed by atoms with Gasteiger partial charge in [0.2, 0.25) is 5.91 Å². The van der Waals surface area contributed by atoms with Gasteiger partial charge >= 0.3 is 0 Å². The fourth-order valence-corrected chi connectivity index (χ4v) is 2.95. The summed E-state index contributed by atoms with van der Waals surface area (Å²) in [5, 5.41) is 12.8. The lowest BCUT2D eigenvalue weighted by Gasteiger charge is -2.11. The summed E-state index contributed by atoms with van der Waals surface area (Å²) in [6.07, 6.45) is 4.87. The molecule has 0 bridgehead atoms. The highest BCUT2D eigenvalue weighted by atomic mass is 32.2. The number of fused-ring (bicyclic) bond motifs is 1. The molecule has 0 atom stereocenters. The number of thioether (sulfide) groups is 1. The average Bonchev–Trinajstić information content (AvgIpc) is 3.13. The SMILES string of the molecule is CC(C)n1nccc1NC(=O)CSc1ncnc2c1cnn2C. The van der Waals surface area contributed by atoms with Crippen LogP contribution in [0.5, 0.6) is 0 Å². The van der Waals surface area contributed by atoms with Crippen molar-refractivity contribution in [1.29, 1.82) is 0 Å². The predicted octanol–water partition coefficient (Wildman–Crippen LogP) is 1.87. The summed E-state index contributed by atoms with van der Waals surface area (Å²) < 4.78 is 3.45. The van der Waals surface area contributed by atoms with Crippen molar-refractivity contribution in [3.8, 4) is 0 Å². The smallest absolute Gasteiger partial charge is 0.235 e. The summed E-state index contributed by atoms with van der Waals surface area (Å²) in [5.74, 6) is 0.845. The Kier molecular flexibility index (Phi) is 4.28. The number of nitrogens with zero attached hydrogens (tertiary/aromatic N) is 6. The summed E-state index contributed by atoms with van der Waals surface area (Å²) in [7, 11) is 1.82. The van der Waals surface area contributed by atoms with Crippen LogP contribution in [-0.4, -0.2) is 41.2 Å². The Bertz CT molecular complexity index is 839. The molecule has 0 saturated heterocycles. The van der Waals surface area contributed by atoms with Crippen LogP contribution in [0.25, 0.3) is 11.0 Å². The van der Waals surface area contributed by atoms with E-state index in [0.29, 0.717) is 5.82 Å². The lowest BCUT2D eigenvalue weighted by Crippen LogP contribution is -2.18. The zero-order valence-corrected chi connectivity index (χ0v) is 13.9. The molecule has 120 valence electrons. The van der Waals surface area contributed by atoms with Gasteiger partial charge in [-0.2, -0.15) is 10.2 Å². The molecule has 1 amide bonds. The maximum absolute atomic E-state index is 12.2. The minimum absolute atomic E-state index is 0.104. The Morgan fingerprint density at radius 2 is 2.17 bits per heavy atom. The third-order valence-corrected chi connectivity index (χ3v) is 4.27. The van der Waals surface area contributed by atoms with E-state index in [2.05, 4.69) is 25.5 Å². The zero-order chi connectivity index (χ0) is 16.4. The molecule has 3 aromatic rings. The van der Waals surface area contributed by atoms with Crippen molar-refractivity contribution in [1.82, 2.24) is 29.5 Å². The van der Waals surface area contributed by atoms with Gasteiger partial charge < -0.3 is 5.32 Å². The highest BCUT2D eigenvalue weighted by Gasteiger charge is 2.13. The van der Waals surface area contributed by atoms with E-state index in [1.54, 1.807) is 27.8 Å². The summed E-state index contributed by atoms with van der Waals surface area (Å²) in [4.78, 5) is 20.6. The van der Waals surface area contributed by atoms with Crippen molar-refractivity contribution >= 4 is 34.5 Å². The van der Waals surface area contributed by atoms with Crippen molar-refractivity contribution < 1.29 is 4.79 Å². The fraction of sp³-hybridized carbons (Fsp3) is 0.357. The van der Waals surface area contributed by atoms with E-state index in [4.69, 9.17) is 0 Å². The maximum Gasteiger partial charge on any atom is 0.235 e. The number of hydrogen-bond donors (Lipinski definition) is 1. The van der Waals surface area contributed by atoms with Crippen molar-refractivity contribution in [3.63, 3.8) is 0 Å². The molecule has 0 aromatic carbocycles. The van der Waals surface area contributed by atoms with E-state index >= 15 is 0 Å². The second-order valence-corrected chi connectivity index (χ2v) is 6.24. The monoisotopic (exact) mass is 331 g/mol. The average molecular weight is 331 g/mol. The van der Waals surface area contributed by atoms with Gasteiger partial charge in [-0.25, -0.2) is 14.6 Å². The van der Waals surface area contributed by atoms with Crippen LogP contribution in [0, 0.1) is 0 Å². The van der Waals surface area contributed by atoms with Gasteiger partial charge in [-0.3, -0.25) is 9.48 Å². The summed E-state index contributed by atoms with van der Waals surface area (Å²) >= 11 is 1.36. The van der Waals surface area contributed by atoms with Crippen LogP contribution in [0.1, 0.15) is 19.9 Å². The normalized spacial score (nSPS) is 11.3. The van der Waals surface area contributed by atoms with Crippen molar-refractivity contribution in [2.45, 2.75) is 24.9 Å². The van der Waals surface area contributed by atoms with Crippen molar-refractivity contribution in [3.05, 3.63) is 24.8 Å². The topological polar surface area (TPSA) is 90.5 Å². The van der Waals surface area contributed by atoms with Crippen LogP contribution in [0.2, 0.25) is 0 Å². The van der Waals surface area contributed by atoms with Crippen molar-refractivity contribution in [2.24, 2.45) is 7.05 Å². The van der Waals surface area contributed by atoms with Gasteiger partial charge in [0.05, 0.1) is 23.5 Å². The molecule has 1 N–H and O–H groups in total. The summed E-state index contributed by atoms with van der Waals surface area (Å²) in [6, 6.07) is 1.97. The Labute approximate surface area is 137 Å². The molecule has 3 aromatic heterocycles. The second kappa shape index (κ2) is 6.37. The number of anilines is 1. The van der Waals surface area contributed by atoms with Crippen LogP contribution in [0.15, 0.2) is 29.8 Å². The fourth-order valence-electron chi connectivity index (χ4n) is 2.19. The number of aryl methyl sites for hydroxylation is 1. The Balaban J connectivity index is 1.68. The van der Waals surface area contributed by atoms with E-state index in [-0.39, 0.29) is 17.7 Å². The number of aromatic nitrogens is 6. The van der Waals surface area contributed by atoms with Crippen molar-refractivity contribution in [2.75, 3.05) is 11.1 Å². The van der Waals surface area contributed by atoms with Gasteiger partial charge in [-0.1, -0.05) is 11.8 Å². The van der Waals surface area contributed by atoms with Gasteiger partial charge in [-0.15, -0.1) is 0 Å². The van der Waals surface area contributed by atoms with E-state index in [9.17, 15) is 4.79 Å². The molecule has 0 unspecified atom stereocenters. The molecule has 9 heteroatoms. The molecule has 8 nitrogen and oxygen atoms in total. The molecular formula is C14H17N7OS. The van der Waals surface area contributed by atoms with Gasteiger partial charge in [0.1, 0.15) is 17.2 Å². The van der Waals surface area contributed by atoms with E-state index in [1.165, 1.54) is 18.1 Å². The molecule has 3 heterocycles. The Morgan fingerprint density at radius 1 is 1.35 bits per heavy atom. The lowest BCUT2D eigenvalue weighted by molar-refractivity contribution is -0.113. The number of rotatable bonds is 5. The molecule has 3 rings (SSSR count). The predicted molar refractivity (Wildman–Crippen MR) is 88.3 cm³/mol. The third-order valence-electron chi connectivity index (χ3n) is 3.26. The first-order valence-electron chi connectivity index (χ1n) is 7.15. The first-order chi connectivity index (χ1) is 11.1. The number of amides is 1. The van der Waals surface area contributed by atoms with Crippen LogP contribution in [-0.2, 0) is 11.8 Å². The maximum atomic E-state index is 12.2. The molecular weight excluding hydrogens is 314 g/mol. The minimum atomic E-state index is -0.104. The number of carbonyl (C=O) groups excluding carboxylic acids is 1. The van der Waals surface area contributed by atoms with Gasteiger partial charge in [0, 0.05) is 19.2 Å². The standard InChI is InChI=1S/C14H17N7OS/c1-9(2)21-11(4-5-17-21)19-12(22)7-23-14-10-6-18-20(3)13(10)15-8-16-14/h4-6,8-9H,7H2,1-3H3,(H,19,22). The van der Waals surface area contributed by atoms with Crippen LogP contribution in [0.4, 0.5) is 5.82 Å². The third kappa shape index (κ3) is 3.19. The lowest BCUT2D eigenvalue weighted by atomic mass is 10.4. The zero-order valence-electron chi connectivity index (χ0n) is 13.1. The van der Waals surface area contributed by atoms with Crippen LogP contribution in [0.3, 0.4) is 0 Å². The summed E-state index contributed by atoms with van der Waals surface area (Å²) in [5.41, 5.74) is 0.751. The molecule has 0 aliphatic carbocycles. The van der Waals surface area contributed by atoms with E-state index in [0.717, 1.165) is 16.1 Å². The highest BCUT2D eigenvalue weighted by Crippen LogP contribution is 2.24. The molecule has 0 saturated carbocycles. The number of nitrogens with one attached hydrogen (secondary N) is 1. The van der Waals surface area contributed by atoms with Gasteiger partial charge in [0.15, 0.2) is 5.65 Å². The van der Waals surface area contributed by atoms with E-state index in [1.807, 2.05) is 20.9 Å². The highest BCUT2D eigenvalue weighted by molar-refractivity contribution is 8.00. The minimum Gasteiger partial charge on any atom is -0.310 e. The number of carbonyl (C=O) groups is 1.